The van der Waals surface area contributed by atoms with Crippen molar-refractivity contribution in [3.05, 3.63) is 45.8 Å². The average molecular weight is 487 g/mol. The second-order valence-electron chi connectivity index (χ2n) is 6.93. The van der Waals surface area contributed by atoms with Crippen molar-refractivity contribution >= 4 is 50.5 Å². The van der Waals surface area contributed by atoms with Crippen LogP contribution in [0.5, 0.6) is 0 Å². The number of hydrogen-bond donors (Lipinski definition) is 1. The lowest BCUT2D eigenvalue weighted by atomic mass is 10.0. The smallest absolute Gasteiger partial charge is 0.341 e. The molecule has 10 heteroatoms. The number of fused-ring (bicyclic) bond motifs is 1. The van der Waals surface area contributed by atoms with Crippen molar-refractivity contribution < 1.29 is 22.7 Å². The molecule has 0 bridgehead atoms. The predicted octanol–water partition coefficient (Wildman–Crippen LogP) is 3.77. The van der Waals surface area contributed by atoms with E-state index in [4.69, 9.17) is 4.74 Å². The molecule has 0 unspecified atom stereocenters. The number of anilines is 1. The number of halogens is 1. The van der Waals surface area contributed by atoms with Gasteiger partial charge in [-0.15, -0.1) is 23.7 Å². The number of carbonyl (C=O) groups is 2. The number of sulfone groups is 1. The van der Waals surface area contributed by atoms with Gasteiger partial charge in [-0.25, -0.2) is 13.2 Å². The summed E-state index contributed by atoms with van der Waals surface area (Å²) in [7, 11) is -3.42. The van der Waals surface area contributed by atoms with Crippen molar-refractivity contribution in [2.75, 3.05) is 30.8 Å². The fraction of sp³-hybridized carbons (Fsp3) is 0.429. The number of rotatable bonds is 7. The zero-order valence-corrected chi connectivity index (χ0v) is 20.2. The van der Waals surface area contributed by atoms with Gasteiger partial charge in [0.2, 0.25) is 0 Å². The van der Waals surface area contributed by atoms with Crippen LogP contribution in [0.3, 0.4) is 0 Å². The summed E-state index contributed by atoms with van der Waals surface area (Å²) in [6, 6.07) is 5.94. The quantitative estimate of drug-likeness (QED) is 0.599. The summed E-state index contributed by atoms with van der Waals surface area (Å²) in [6.07, 6.45) is 0.716. The van der Waals surface area contributed by atoms with E-state index in [2.05, 4.69) is 17.1 Å². The maximum Gasteiger partial charge on any atom is 0.341 e. The van der Waals surface area contributed by atoms with Crippen LogP contribution in [0, 0.1) is 0 Å². The van der Waals surface area contributed by atoms with E-state index in [0.29, 0.717) is 17.0 Å². The summed E-state index contributed by atoms with van der Waals surface area (Å²) < 4.78 is 29.5. The van der Waals surface area contributed by atoms with Gasteiger partial charge in [-0.3, -0.25) is 9.69 Å². The summed E-state index contributed by atoms with van der Waals surface area (Å²) in [5.41, 5.74) is 1.57. The molecule has 1 amide bonds. The van der Waals surface area contributed by atoms with Crippen LogP contribution in [0.4, 0.5) is 5.00 Å². The lowest BCUT2D eigenvalue weighted by molar-refractivity contribution is 0.0526. The van der Waals surface area contributed by atoms with E-state index >= 15 is 0 Å². The Morgan fingerprint density at radius 1 is 1.23 bits per heavy atom. The molecule has 1 aromatic heterocycles. The van der Waals surface area contributed by atoms with Crippen LogP contribution in [0.1, 0.15) is 51.9 Å². The largest absolute Gasteiger partial charge is 0.462 e. The van der Waals surface area contributed by atoms with Crippen molar-refractivity contribution in [2.24, 2.45) is 0 Å². The lowest BCUT2D eigenvalue weighted by Gasteiger charge is -2.25. The zero-order chi connectivity index (χ0) is 21.9. The van der Waals surface area contributed by atoms with Gasteiger partial charge in [0.25, 0.3) is 5.91 Å². The Balaban J connectivity index is 0.00000341. The highest BCUT2D eigenvalue weighted by atomic mass is 35.5. The molecule has 0 spiro atoms. The molecule has 0 saturated heterocycles. The third-order valence-electron chi connectivity index (χ3n) is 5.13. The number of hydrogen-bond acceptors (Lipinski definition) is 7. The van der Waals surface area contributed by atoms with E-state index < -0.39 is 21.7 Å². The molecule has 0 atom stereocenters. The number of nitrogens with zero attached hydrogens (tertiary/aromatic N) is 1. The number of ether oxygens (including phenoxy) is 1. The molecule has 0 saturated carbocycles. The molecule has 0 aliphatic carbocycles. The van der Waals surface area contributed by atoms with E-state index in [1.165, 1.54) is 23.5 Å². The maximum atomic E-state index is 12.9. The minimum Gasteiger partial charge on any atom is -0.462 e. The van der Waals surface area contributed by atoms with Gasteiger partial charge in [-0.05, 0) is 43.7 Å². The Morgan fingerprint density at radius 2 is 1.97 bits per heavy atom. The standard InChI is InChI=1S/C21H26N2O5S2.ClH/c1-4-23-11-10-16-17(13-23)29-20(18(16)21(25)28-5-2)22-19(24)14-8-7-9-15(12-14)30(26,27)6-3;/h7-9,12H,4-6,10-11,13H2,1-3H3,(H,22,24);1H. The number of likely N-dealkylation sites (N-methyl/N-ethyl adjacent to an activating group) is 1. The molecule has 2 heterocycles. The van der Waals surface area contributed by atoms with Gasteiger partial charge in [-0.2, -0.15) is 0 Å². The molecule has 1 aromatic carbocycles. The van der Waals surface area contributed by atoms with E-state index in [9.17, 15) is 18.0 Å². The Morgan fingerprint density at radius 3 is 2.61 bits per heavy atom. The number of carbonyl (C=O) groups excluding carboxylic acids is 2. The molecule has 31 heavy (non-hydrogen) atoms. The van der Waals surface area contributed by atoms with Crippen molar-refractivity contribution in [1.82, 2.24) is 4.90 Å². The monoisotopic (exact) mass is 486 g/mol. The minimum absolute atomic E-state index is 0. The highest BCUT2D eigenvalue weighted by Gasteiger charge is 2.29. The van der Waals surface area contributed by atoms with Crippen LogP contribution in [-0.2, 0) is 27.5 Å². The second kappa shape index (κ2) is 10.6. The topological polar surface area (TPSA) is 92.8 Å². The van der Waals surface area contributed by atoms with Crippen molar-refractivity contribution in [3.8, 4) is 0 Å². The van der Waals surface area contributed by atoms with E-state index in [1.54, 1.807) is 26.0 Å². The van der Waals surface area contributed by atoms with E-state index in [1.807, 2.05) is 0 Å². The van der Waals surface area contributed by atoms with Crippen LogP contribution in [0.25, 0.3) is 0 Å². The Bertz CT molecular complexity index is 1070. The molecule has 170 valence electrons. The molecule has 1 N–H and O–H groups in total. The first-order valence-corrected chi connectivity index (χ1v) is 12.5. The number of nitrogens with one attached hydrogen (secondary N) is 1. The highest BCUT2D eigenvalue weighted by molar-refractivity contribution is 7.91. The first kappa shape index (κ1) is 25.3. The highest BCUT2D eigenvalue weighted by Crippen LogP contribution is 2.38. The van der Waals surface area contributed by atoms with Gasteiger partial charge >= 0.3 is 5.97 Å². The Hall–Kier alpha value is -1.94. The number of benzene rings is 1. The zero-order valence-electron chi connectivity index (χ0n) is 17.8. The molecular weight excluding hydrogens is 460 g/mol. The average Bonchev–Trinajstić information content (AvgIpc) is 3.10. The van der Waals surface area contributed by atoms with Crippen LogP contribution < -0.4 is 5.32 Å². The molecule has 0 fully saturated rings. The fourth-order valence-corrected chi connectivity index (χ4v) is 5.61. The van der Waals surface area contributed by atoms with Gasteiger partial charge in [0.1, 0.15) is 5.00 Å². The molecule has 7 nitrogen and oxygen atoms in total. The van der Waals surface area contributed by atoms with Gasteiger partial charge in [0.15, 0.2) is 9.84 Å². The summed E-state index contributed by atoms with van der Waals surface area (Å²) in [4.78, 5) is 28.9. The first-order chi connectivity index (χ1) is 14.3. The van der Waals surface area contributed by atoms with Crippen molar-refractivity contribution in [1.29, 1.82) is 0 Å². The number of thiophene rings is 1. The second-order valence-corrected chi connectivity index (χ2v) is 10.3. The van der Waals surface area contributed by atoms with Crippen LogP contribution in [0.15, 0.2) is 29.2 Å². The molecule has 2 aromatic rings. The first-order valence-electron chi connectivity index (χ1n) is 9.98. The lowest BCUT2D eigenvalue weighted by Crippen LogP contribution is -2.30. The predicted molar refractivity (Wildman–Crippen MR) is 124 cm³/mol. The number of amides is 1. The molecule has 1 aliphatic rings. The molecular formula is C21H27ClN2O5S2. The van der Waals surface area contributed by atoms with Crippen molar-refractivity contribution in [2.45, 2.75) is 38.6 Å². The number of esters is 1. The SMILES string of the molecule is CCOC(=O)c1c(NC(=O)c2cccc(S(=O)(=O)CC)c2)sc2c1CCN(CC)C2.Cl. The third kappa shape index (κ3) is 5.46. The van der Waals surface area contributed by atoms with Gasteiger partial charge in [0, 0.05) is 23.5 Å². The molecule has 0 radical (unpaired) electrons. The van der Waals surface area contributed by atoms with Crippen LogP contribution in [0.2, 0.25) is 0 Å². The summed E-state index contributed by atoms with van der Waals surface area (Å²) in [5, 5.41) is 3.27. The van der Waals surface area contributed by atoms with Crippen LogP contribution in [-0.4, -0.2) is 50.6 Å². The van der Waals surface area contributed by atoms with Crippen molar-refractivity contribution in [3.63, 3.8) is 0 Å². The Labute approximate surface area is 193 Å². The molecule has 1 aliphatic heterocycles. The molecule has 3 rings (SSSR count). The summed E-state index contributed by atoms with van der Waals surface area (Å²) in [6.45, 7) is 8.11. The van der Waals surface area contributed by atoms with Gasteiger partial charge in [-0.1, -0.05) is 19.9 Å². The summed E-state index contributed by atoms with van der Waals surface area (Å²) in [5.74, 6) is -0.950. The van der Waals surface area contributed by atoms with Crippen LogP contribution >= 0.6 is 23.7 Å². The third-order valence-corrected chi connectivity index (χ3v) is 7.99. The van der Waals surface area contributed by atoms with Gasteiger partial charge < -0.3 is 10.1 Å². The van der Waals surface area contributed by atoms with E-state index in [0.717, 1.165) is 30.1 Å². The maximum absolute atomic E-state index is 12.9. The summed E-state index contributed by atoms with van der Waals surface area (Å²) >= 11 is 1.38. The Kier molecular flexibility index (Phi) is 8.65. The normalized spacial score (nSPS) is 13.8. The minimum atomic E-state index is -3.42. The fourth-order valence-electron chi connectivity index (χ4n) is 3.41. The van der Waals surface area contributed by atoms with E-state index in [-0.39, 0.29) is 35.2 Å². The van der Waals surface area contributed by atoms with Gasteiger partial charge in [0.05, 0.1) is 22.8 Å².